The summed E-state index contributed by atoms with van der Waals surface area (Å²) in [5.41, 5.74) is 1.45. The normalized spacial score (nSPS) is 19.1. The van der Waals surface area contributed by atoms with Crippen LogP contribution in [-0.4, -0.2) is 9.97 Å². The van der Waals surface area contributed by atoms with E-state index >= 15 is 0 Å². The van der Waals surface area contributed by atoms with Gasteiger partial charge in [0.15, 0.2) is 0 Å². The first kappa shape index (κ1) is 13.8. The molecule has 1 aliphatic rings. The molecular weight excluding hydrogens is 294 g/mol. The minimum atomic E-state index is 0.0890. The average Bonchev–Trinajstić information content (AvgIpc) is 3.14. The van der Waals surface area contributed by atoms with Crippen molar-refractivity contribution in [2.45, 2.75) is 39.2 Å². The van der Waals surface area contributed by atoms with Gasteiger partial charge in [0.05, 0.1) is 17.7 Å². The van der Waals surface area contributed by atoms with Gasteiger partial charge in [0.2, 0.25) is 0 Å². The Kier molecular flexibility index (Phi) is 3.37. The van der Waals surface area contributed by atoms with E-state index in [1.54, 1.807) is 12.6 Å². The number of furan rings is 1. The molecule has 0 unspecified atom stereocenters. The highest BCUT2D eigenvalue weighted by molar-refractivity contribution is 7.19. The predicted molar refractivity (Wildman–Crippen MR) is 89.3 cm³/mol. The number of fused-ring (bicyclic) bond motifs is 3. The molecule has 114 valence electrons. The van der Waals surface area contributed by atoms with E-state index < -0.39 is 0 Å². The third-order valence-corrected chi connectivity index (χ3v) is 5.58. The quantitative estimate of drug-likeness (QED) is 0.769. The van der Waals surface area contributed by atoms with Crippen molar-refractivity contribution >= 4 is 27.4 Å². The van der Waals surface area contributed by atoms with Crippen molar-refractivity contribution in [3.63, 3.8) is 0 Å². The fourth-order valence-electron chi connectivity index (χ4n) is 3.20. The second-order valence-electron chi connectivity index (χ2n) is 6.14. The molecule has 0 saturated heterocycles. The van der Waals surface area contributed by atoms with E-state index in [-0.39, 0.29) is 6.04 Å². The van der Waals surface area contributed by atoms with Gasteiger partial charge in [-0.25, -0.2) is 9.97 Å². The smallest absolute Gasteiger partial charge is 0.139 e. The lowest BCUT2D eigenvalue weighted by atomic mass is 9.89. The van der Waals surface area contributed by atoms with Crippen molar-refractivity contribution in [1.29, 1.82) is 0 Å². The minimum absolute atomic E-state index is 0.0890. The molecule has 3 aromatic rings. The van der Waals surface area contributed by atoms with Crippen molar-refractivity contribution in [2.75, 3.05) is 5.32 Å². The monoisotopic (exact) mass is 313 g/mol. The summed E-state index contributed by atoms with van der Waals surface area (Å²) in [6.45, 7) is 4.42. The first-order valence-corrected chi connectivity index (χ1v) is 8.59. The number of aryl methyl sites for hydroxylation is 1. The van der Waals surface area contributed by atoms with Crippen molar-refractivity contribution in [3.05, 3.63) is 40.9 Å². The lowest BCUT2D eigenvalue weighted by Crippen LogP contribution is -2.10. The van der Waals surface area contributed by atoms with E-state index in [0.717, 1.165) is 28.7 Å². The fourth-order valence-corrected chi connectivity index (χ4v) is 4.55. The highest BCUT2D eigenvalue weighted by Gasteiger charge is 2.23. The van der Waals surface area contributed by atoms with Crippen molar-refractivity contribution in [2.24, 2.45) is 5.92 Å². The van der Waals surface area contributed by atoms with E-state index in [0.29, 0.717) is 0 Å². The first-order valence-electron chi connectivity index (χ1n) is 7.77. The number of nitrogens with zero attached hydrogens (tertiary/aromatic N) is 2. The standard InChI is InChI=1S/C17H19N3OS/c1-10-5-6-12-14(8-10)22-17-15(12)16(18-9-19-17)20-11(2)13-4-3-7-21-13/h3-4,7,9-11H,5-6,8H2,1-2H3,(H,18,19,20)/t10-,11+/m0/s1. The van der Waals surface area contributed by atoms with Crippen LogP contribution in [0.4, 0.5) is 5.82 Å². The third-order valence-electron chi connectivity index (χ3n) is 4.41. The molecule has 0 spiro atoms. The van der Waals surface area contributed by atoms with Crippen molar-refractivity contribution in [3.8, 4) is 0 Å². The lowest BCUT2D eigenvalue weighted by molar-refractivity contribution is 0.490. The molecule has 0 amide bonds. The van der Waals surface area contributed by atoms with Crippen LogP contribution in [0.15, 0.2) is 29.1 Å². The van der Waals surface area contributed by atoms with Crippen LogP contribution in [0.3, 0.4) is 0 Å². The van der Waals surface area contributed by atoms with Crippen LogP contribution < -0.4 is 5.32 Å². The fraction of sp³-hybridized carbons (Fsp3) is 0.412. The average molecular weight is 313 g/mol. The molecule has 4 nitrogen and oxygen atoms in total. The van der Waals surface area contributed by atoms with Gasteiger partial charge in [-0.3, -0.25) is 0 Å². The zero-order valence-corrected chi connectivity index (χ0v) is 13.6. The number of hydrogen-bond acceptors (Lipinski definition) is 5. The summed E-state index contributed by atoms with van der Waals surface area (Å²) >= 11 is 1.83. The van der Waals surface area contributed by atoms with Gasteiger partial charge in [0.1, 0.15) is 22.7 Å². The molecule has 3 aromatic heterocycles. The van der Waals surface area contributed by atoms with Gasteiger partial charge in [-0.15, -0.1) is 11.3 Å². The maximum Gasteiger partial charge on any atom is 0.139 e. The van der Waals surface area contributed by atoms with E-state index in [4.69, 9.17) is 4.42 Å². The summed E-state index contributed by atoms with van der Waals surface area (Å²) < 4.78 is 5.48. The Labute approximate surface area is 133 Å². The van der Waals surface area contributed by atoms with Gasteiger partial charge >= 0.3 is 0 Å². The van der Waals surface area contributed by atoms with Crippen LogP contribution in [0, 0.1) is 5.92 Å². The predicted octanol–water partition coefficient (Wildman–Crippen LogP) is 4.58. The molecule has 2 atom stereocenters. The van der Waals surface area contributed by atoms with Gasteiger partial charge in [-0.2, -0.15) is 0 Å². The van der Waals surface area contributed by atoms with Gasteiger partial charge in [0, 0.05) is 4.88 Å². The third kappa shape index (κ3) is 2.29. The highest BCUT2D eigenvalue weighted by atomic mass is 32.1. The molecule has 5 heteroatoms. The molecule has 0 radical (unpaired) electrons. The Morgan fingerprint density at radius 1 is 1.41 bits per heavy atom. The summed E-state index contributed by atoms with van der Waals surface area (Å²) in [4.78, 5) is 11.6. The van der Waals surface area contributed by atoms with E-state index in [1.807, 2.05) is 23.5 Å². The zero-order chi connectivity index (χ0) is 15.1. The van der Waals surface area contributed by atoms with Crippen LogP contribution in [0.5, 0.6) is 0 Å². The van der Waals surface area contributed by atoms with Crippen LogP contribution in [0.25, 0.3) is 10.2 Å². The number of nitrogens with one attached hydrogen (secondary N) is 1. The van der Waals surface area contributed by atoms with Crippen molar-refractivity contribution < 1.29 is 4.42 Å². The number of anilines is 1. The molecule has 0 saturated carbocycles. The van der Waals surface area contributed by atoms with Gasteiger partial charge in [-0.1, -0.05) is 6.92 Å². The molecule has 0 aliphatic heterocycles. The highest BCUT2D eigenvalue weighted by Crippen LogP contribution is 2.40. The number of thiophene rings is 1. The second kappa shape index (κ2) is 5.39. The Hall–Kier alpha value is -1.88. The van der Waals surface area contributed by atoms with Crippen LogP contribution in [-0.2, 0) is 12.8 Å². The number of aromatic nitrogens is 2. The molecule has 1 N–H and O–H groups in total. The molecule has 0 bridgehead atoms. The number of hydrogen-bond donors (Lipinski definition) is 1. The number of rotatable bonds is 3. The molecule has 22 heavy (non-hydrogen) atoms. The van der Waals surface area contributed by atoms with E-state index in [1.165, 1.54) is 28.7 Å². The maximum atomic E-state index is 5.48. The van der Waals surface area contributed by atoms with E-state index in [9.17, 15) is 0 Å². The topological polar surface area (TPSA) is 51.0 Å². The Balaban J connectivity index is 1.75. The Morgan fingerprint density at radius 2 is 2.32 bits per heavy atom. The molecule has 4 rings (SSSR count). The molecular formula is C17H19N3OS. The molecule has 1 aliphatic carbocycles. The maximum absolute atomic E-state index is 5.48. The summed E-state index contributed by atoms with van der Waals surface area (Å²) in [6.07, 6.45) is 6.92. The largest absolute Gasteiger partial charge is 0.467 e. The lowest BCUT2D eigenvalue weighted by Gasteiger charge is -2.19. The van der Waals surface area contributed by atoms with Crippen LogP contribution >= 0.6 is 11.3 Å². The Bertz CT molecular complexity index is 794. The molecule has 3 heterocycles. The van der Waals surface area contributed by atoms with Gasteiger partial charge < -0.3 is 9.73 Å². The van der Waals surface area contributed by atoms with Crippen molar-refractivity contribution in [1.82, 2.24) is 9.97 Å². The second-order valence-corrected chi connectivity index (χ2v) is 7.22. The summed E-state index contributed by atoms with van der Waals surface area (Å²) in [5.74, 6) is 2.62. The summed E-state index contributed by atoms with van der Waals surface area (Å²) in [6, 6.07) is 3.99. The van der Waals surface area contributed by atoms with Crippen LogP contribution in [0.2, 0.25) is 0 Å². The Morgan fingerprint density at radius 3 is 3.14 bits per heavy atom. The van der Waals surface area contributed by atoms with Gasteiger partial charge in [0.25, 0.3) is 0 Å². The SMILES string of the molecule is C[C@H]1CCc2c(sc3ncnc(N[C@H](C)c4ccco4)c23)C1. The molecule has 0 aromatic carbocycles. The minimum Gasteiger partial charge on any atom is -0.467 e. The summed E-state index contributed by atoms with van der Waals surface area (Å²) in [5, 5.41) is 4.71. The summed E-state index contributed by atoms with van der Waals surface area (Å²) in [7, 11) is 0. The first-order chi connectivity index (χ1) is 10.7. The zero-order valence-electron chi connectivity index (χ0n) is 12.8. The van der Waals surface area contributed by atoms with E-state index in [2.05, 4.69) is 29.1 Å². The molecule has 0 fully saturated rings. The van der Waals surface area contributed by atoms with Gasteiger partial charge in [-0.05, 0) is 49.8 Å². The van der Waals surface area contributed by atoms with Crippen LogP contribution in [0.1, 0.15) is 42.5 Å².